The Labute approximate surface area is 122 Å². The van der Waals surface area contributed by atoms with Crippen LogP contribution in [0.3, 0.4) is 0 Å². The number of halogens is 1. The number of benzene rings is 1. The molecule has 0 aromatic heterocycles. The van der Waals surface area contributed by atoms with Crippen LogP contribution >= 0.6 is 11.6 Å². The first-order chi connectivity index (χ1) is 9.20. The molecule has 2 rings (SSSR count). The zero-order chi connectivity index (χ0) is 13.7. The van der Waals surface area contributed by atoms with Gasteiger partial charge in [0.05, 0.1) is 0 Å². The Morgan fingerprint density at radius 3 is 2.89 bits per heavy atom. The van der Waals surface area contributed by atoms with Crippen LogP contribution in [0.5, 0.6) is 0 Å². The molecule has 0 spiro atoms. The van der Waals surface area contributed by atoms with Crippen LogP contribution in [0.25, 0.3) is 0 Å². The average molecular weight is 281 g/mol. The molecule has 1 unspecified atom stereocenters. The van der Waals surface area contributed by atoms with Gasteiger partial charge >= 0.3 is 0 Å². The summed E-state index contributed by atoms with van der Waals surface area (Å²) in [4.78, 5) is 2.59. The standard InChI is InChI=1S/C16H25ClN2/c1-3-9-19(15-5-4-8-18-11-15)12-14-7-6-13(2)10-16(14)17/h6-7,10,15,18H,3-5,8-9,11-12H2,1-2H3. The molecule has 1 aliphatic rings. The third kappa shape index (κ3) is 4.20. The number of nitrogens with one attached hydrogen (secondary N) is 1. The second-order valence-electron chi connectivity index (χ2n) is 5.57. The summed E-state index contributed by atoms with van der Waals surface area (Å²) in [5.74, 6) is 0. The van der Waals surface area contributed by atoms with Crippen molar-refractivity contribution in [2.45, 2.75) is 45.7 Å². The molecule has 1 N–H and O–H groups in total. The summed E-state index contributed by atoms with van der Waals surface area (Å²) < 4.78 is 0. The SMILES string of the molecule is CCCN(Cc1ccc(C)cc1Cl)C1CCCNC1. The van der Waals surface area contributed by atoms with E-state index in [2.05, 4.69) is 42.3 Å². The van der Waals surface area contributed by atoms with Crippen molar-refractivity contribution >= 4 is 11.6 Å². The lowest BCUT2D eigenvalue weighted by Gasteiger charge is -2.34. The van der Waals surface area contributed by atoms with Crippen molar-refractivity contribution < 1.29 is 0 Å². The summed E-state index contributed by atoms with van der Waals surface area (Å²) in [6.45, 7) is 8.74. The van der Waals surface area contributed by atoms with E-state index in [1.54, 1.807) is 0 Å². The normalized spacial score (nSPS) is 19.9. The predicted molar refractivity (Wildman–Crippen MR) is 82.8 cm³/mol. The van der Waals surface area contributed by atoms with Crippen molar-refractivity contribution in [3.8, 4) is 0 Å². The van der Waals surface area contributed by atoms with Gasteiger partial charge in [-0.2, -0.15) is 0 Å². The number of piperidine rings is 1. The second kappa shape index (κ2) is 7.28. The van der Waals surface area contributed by atoms with Gasteiger partial charge in [-0.05, 0) is 56.5 Å². The number of hydrogen-bond donors (Lipinski definition) is 1. The minimum Gasteiger partial charge on any atom is -0.315 e. The first kappa shape index (κ1) is 14.8. The number of hydrogen-bond acceptors (Lipinski definition) is 2. The van der Waals surface area contributed by atoms with Gasteiger partial charge < -0.3 is 5.32 Å². The van der Waals surface area contributed by atoms with Gasteiger partial charge in [0.15, 0.2) is 0 Å². The van der Waals surface area contributed by atoms with Gasteiger partial charge in [0.2, 0.25) is 0 Å². The maximum Gasteiger partial charge on any atom is 0.0453 e. The molecule has 0 bridgehead atoms. The lowest BCUT2D eigenvalue weighted by atomic mass is 10.0. The van der Waals surface area contributed by atoms with E-state index in [-0.39, 0.29) is 0 Å². The molecule has 0 radical (unpaired) electrons. The zero-order valence-corrected chi connectivity index (χ0v) is 12.8. The zero-order valence-electron chi connectivity index (χ0n) is 12.1. The van der Waals surface area contributed by atoms with E-state index in [1.165, 1.54) is 36.9 Å². The fourth-order valence-electron chi connectivity index (χ4n) is 2.82. The summed E-state index contributed by atoms with van der Waals surface area (Å²) in [5.41, 5.74) is 2.49. The molecule has 1 aromatic carbocycles. The van der Waals surface area contributed by atoms with Crippen LogP contribution in [-0.4, -0.2) is 30.6 Å². The van der Waals surface area contributed by atoms with Gasteiger partial charge in [-0.1, -0.05) is 30.7 Å². The fourth-order valence-corrected chi connectivity index (χ4v) is 3.12. The van der Waals surface area contributed by atoms with Gasteiger partial charge in [-0.15, -0.1) is 0 Å². The lowest BCUT2D eigenvalue weighted by molar-refractivity contribution is 0.158. The maximum absolute atomic E-state index is 6.37. The van der Waals surface area contributed by atoms with E-state index in [0.717, 1.165) is 24.7 Å². The Balaban J connectivity index is 2.06. The largest absolute Gasteiger partial charge is 0.315 e. The van der Waals surface area contributed by atoms with Crippen molar-refractivity contribution in [1.29, 1.82) is 0 Å². The van der Waals surface area contributed by atoms with Gasteiger partial charge in [0.1, 0.15) is 0 Å². The number of nitrogens with zero attached hydrogens (tertiary/aromatic N) is 1. The van der Waals surface area contributed by atoms with E-state index in [9.17, 15) is 0 Å². The Bertz CT molecular complexity index is 400. The van der Waals surface area contributed by atoms with Crippen LogP contribution in [0.4, 0.5) is 0 Å². The third-order valence-electron chi connectivity index (χ3n) is 3.88. The van der Waals surface area contributed by atoms with Gasteiger partial charge in [0, 0.05) is 24.2 Å². The Kier molecular flexibility index (Phi) is 5.68. The number of rotatable bonds is 5. The minimum absolute atomic E-state index is 0.658. The molecule has 1 aliphatic heterocycles. The Morgan fingerprint density at radius 2 is 2.26 bits per heavy atom. The van der Waals surface area contributed by atoms with E-state index < -0.39 is 0 Å². The van der Waals surface area contributed by atoms with Crippen LogP contribution in [0.1, 0.15) is 37.3 Å². The maximum atomic E-state index is 6.37. The molecule has 2 nitrogen and oxygen atoms in total. The molecule has 1 atom stereocenters. The summed E-state index contributed by atoms with van der Waals surface area (Å²) in [6.07, 6.45) is 3.78. The molecule has 106 valence electrons. The average Bonchev–Trinajstić information content (AvgIpc) is 2.42. The van der Waals surface area contributed by atoms with Crippen LogP contribution in [0, 0.1) is 6.92 Å². The van der Waals surface area contributed by atoms with Gasteiger partial charge in [-0.25, -0.2) is 0 Å². The van der Waals surface area contributed by atoms with Crippen LogP contribution in [0.2, 0.25) is 5.02 Å². The van der Waals surface area contributed by atoms with E-state index in [1.807, 2.05) is 0 Å². The monoisotopic (exact) mass is 280 g/mol. The van der Waals surface area contributed by atoms with E-state index >= 15 is 0 Å². The van der Waals surface area contributed by atoms with Crippen molar-refractivity contribution in [1.82, 2.24) is 10.2 Å². The second-order valence-corrected chi connectivity index (χ2v) is 5.97. The molecule has 1 saturated heterocycles. The molecular formula is C16H25ClN2. The number of aryl methyl sites for hydroxylation is 1. The predicted octanol–water partition coefficient (Wildman–Crippen LogP) is 3.61. The first-order valence-corrected chi connectivity index (χ1v) is 7.78. The van der Waals surface area contributed by atoms with Crippen molar-refractivity contribution in [3.05, 3.63) is 34.3 Å². The smallest absolute Gasteiger partial charge is 0.0453 e. The van der Waals surface area contributed by atoms with E-state index in [4.69, 9.17) is 11.6 Å². The molecule has 0 aliphatic carbocycles. The van der Waals surface area contributed by atoms with E-state index in [0.29, 0.717) is 6.04 Å². The highest BCUT2D eigenvalue weighted by Crippen LogP contribution is 2.22. The molecule has 1 fully saturated rings. The Hall–Kier alpha value is -0.570. The van der Waals surface area contributed by atoms with Gasteiger partial charge in [0.25, 0.3) is 0 Å². The molecule has 1 heterocycles. The lowest BCUT2D eigenvalue weighted by Crippen LogP contribution is -2.45. The molecule has 0 saturated carbocycles. The molecule has 1 aromatic rings. The summed E-state index contributed by atoms with van der Waals surface area (Å²) in [7, 11) is 0. The van der Waals surface area contributed by atoms with Gasteiger partial charge in [-0.3, -0.25) is 4.90 Å². The highest BCUT2D eigenvalue weighted by atomic mass is 35.5. The Morgan fingerprint density at radius 1 is 1.42 bits per heavy atom. The highest BCUT2D eigenvalue weighted by Gasteiger charge is 2.20. The van der Waals surface area contributed by atoms with Crippen LogP contribution in [-0.2, 0) is 6.54 Å². The summed E-state index contributed by atoms with van der Waals surface area (Å²) >= 11 is 6.37. The topological polar surface area (TPSA) is 15.3 Å². The van der Waals surface area contributed by atoms with Crippen molar-refractivity contribution in [3.63, 3.8) is 0 Å². The quantitative estimate of drug-likeness (QED) is 0.886. The van der Waals surface area contributed by atoms with Crippen LogP contribution < -0.4 is 5.32 Å². The van der Waals surface area contributed by atoms with Crippen molar-refractivity contribution in [2.24, 2.45) is 0 Å². The first-order valence-electron chi connectivity index (χ1n) is 7.40. The fraction of sp³-hybridized carbons (Fsp3) is 0.625. The van der Waals surface area contributed by atoms with Crippen LogP contribution in [0.15, 0.2) is 18.2 Å². The van der Waals surface area contributed by atoms with Crippen molar-refractivity contribution in [2.75, 3.05) is 19.6 Å². The third-order valence-corrected chi connectivity index (χ3v) is 4.23. The molecule has 19 heavy (non-hydrogen) atoms. The molecular weight excluding hydrogens is 256 g/mol. The minimum atomic E-state index is 0.658. The molecule has 3 heteroatoms. The molecule has 0 amide bonds. The summed E-state index contributed by atoms with van der Waals surface area (Å²) in [5, 5.41) is 4.42. The highest BCUT2D eigenvalue weighted by molar-refractivity contribution is 6.31. The summed E-state index contributed by atoms with van der Waals surface area (Å²) in [6, 6.07) is 7.06.